The summed E-state index contributed by atoms with van der Waals surface area (Å²) in [6, 6.07) is 0. The number of nitrogens with zero attached hydrogens (tertiary/aromatic N) is 1. The van der Waals surface area contributed by atoms with Crippen molar-refractivity contribution in [3.05, 3.63) is 0 Å². The summed E-state index contributed by atoms with van der Waals surface area (Å²) in [6.45, 7) is 10.8. The molecule has 1 aliphatic heterocycles. The van der Waals surface area contributed by atoms with Crippen LogP contribution in [0.25, 0.3) is 0 Å². The van der Waals surface area contributed by atoms with E-state index in [4.69, 9.17) is 19.8 Å². The van der Waals surface area contributed by atoms with Crippen molar-refractivity contribution in [3.63, 3.8) is 0 Å². The van der Waals surface area contributed by atoms with Gasteiger partial charge in [0.2, 0.25) is 0 Å². The van der Waals surface area contributed by atoms with Crippen LogP contribution in [0.2, 0.25) is 0 Å². The van der Waals surface area contributed by atoms with E-state index in [0.29, 0.717) is 0 Å². The fourth-order valence-electron chi connectivity index (χ4n) is 1.24. The van der Waals surface area contributed by atoms with Crippen molar-refractivity contribution < 1.29 is 58.1 Å². The van der Waals surface area contributed by atoms with Gasteiger partial charge in [-0.15, -0.1) is 0 Å². The van der Waals surface area contributed by atoms with E-state index in [2.05, 4.69) is 17.1 Å². The molecule has 0 atom stereocenters. The van der Waals surface area contributed by atoms with Crippen LogP contribution in [0, 0.1) is 38.3 Å². The van der Waals surface area contributed by atoms with Crippen molar-refractivity contribution in [2.75, 3.05) is 52.4 Å². The summed E-state index contributed by atoms with van der Waals surface area (Å²) in [5, 5.41) is 28.0. The Morgan fingerprint density at radius 1 is 0.810 bits per heavy atom. The molecule has 1 aliphatic rings. The van der Waals surface area contributed by atoms with Gasteiger partial charge in [-0.25, -0.2) is 0 Å². The van der Waals surface area contributed by atoms with Crippen LogP contribution in [-0.2, 0) is 9.59 Å². The van der Waals surface area contributed by atoms with Crippen molar-refractivity contribution in [1.82, 2.24) is 17.1 Å². The molecule has 125 valence electrons. The summed E-state index contributed by atoms with van der Waals surface area (Å²) in [5.41, 5.74) is 0. The summed E-state index contributed by atoms with van der Waals surface area (Å²) in [6.07, 6.45) is 0. The van der Waals surface area contributed by atoms with E-state index >= 15 is 0 Å². The quantitative estimate of drug-likeness (QED) is 0.345. The number of carboxylic acids is 2. The average molecular weight is 447 g/mol. The maximum absolute atomic E-state index is 8.89. The van der Waals surface area contributed by atoms with E-state index in [1.54, 1.807) is 0 Å². The molecule has 0 amide bonds. The third-order valence-corrected chi connectivity index (χ3v) is 3.02. The van der Waals surface area contributed by atoms with Gasteiger partial charge in [0, 0.05) is 11.9 Å². The Labute approximate surface area is 152 Å². The molecule has 0 aromatic heterocycles. The first-order valence-electron chi connectivity index (χ1n) is 6.73. The Morgan fingerprint density at radius 3 is 1.33 bits per heavy atom. The predicted molar refractivity (Wildman–Crippen MR) is 71.5 cm³/mol. The summed E-state index contributed by atoms with van der Waals surface area (Å²) in [4.78, 5) is 17.8. The van der Waals surface area contributed by atoms with Crippen molar-refractivity contribution in [2.24, 2.45) is 0 Å². The number of rotatable bonds is 0. The molecular formula is C12H25GdN4O4. The maximum atomic E-state index is 8.89. The first kappa shape index (κ1) is 23.4. The Morgan fingerprint density at radius 2 is 1.05 bits per heavy atom. The zero-order chi connectivity index (χ0) is 16.5. The molecule has 0 unspecified atom stereocenters. The van der Waals surface area contributed by atoms with Crippen LogP contribution in [0.4, 0.5) is 0 Å². The molecule has 9 heteroatoms. The second-order valence-electron chi connectivity index (χ2n) is 4.13. The minimum absolute atomic E-state index is 0.972. The zero-order valence-electron chi connectivity index (χ0n) is 12.6. The molecule has 3 N–H and O–H groups in total. The van der Waals surface area contributed by atoms with Gasteiger partial charge in [-0.3, -0.25) is 0 Å². The van der Waals surface area contributed by atoms with Gasteiger partial charge in [0.15, 0.2) is 0 Å². The molecule has 0 radical (unpaired) electrons. The van der Waals surface area contributed by atoms with Gasteiger partial charge in [0.1, 0.15) is 0 Å². The van der Waals surface area contributed by atoms with E-state index in [0.717, 1.165) is 66.2 Å². The molecule has 1 rings (SSSR count). The average Bonchev–Trinajstić information content (AvgIpc) is 2.32. The summed E-state index contributed by atoms with van der Waals surface area (Å²) in [5.74, 6) is -2.17. The molecule has 1 heterocycles. The van der Waals surface area contributed by atoms with E-state index < -0.39 is 11.9 Å². The van der Waals surface area contributed by atoms with Gasteiger partial charge in [0.25, 0.3) is 0 Å². The summed E-state index contributed by atoms with van der Waals surface area (Å²) in [7, 11) is 0. The molecule has 0 saturated carbocycles. The van der Waals surface area contributed by atoms with Crippen LogP contribution in [0.5, 0.6) is 0 Å². The Hall–Kier alpha value is 0.105. The molecule has 1 fully saturated rings. The topological polar surface area (TPSA) is 120 Å². The van der Waals surface area contributed by atoms with E-state index in [1.165, 1.54) is 0 Å². The molecule has 21 heavy (non-hydrogen) atoms. The van der Waals surface area contributed by atoms with Gasteiger partial charge in [-0.1, -0.05) is 0 Å². The van der Waals surface area contributed by atoms with Crippen LogP contribution in [0.1, 0.15) is 13.8 Å². The Bertz CT molecular complexity index is 238. The molecule has 8 nitrogen and oxygen atoms in total. The molecule has 1 saturated heterocycles. The number of hydrogen-bond donors (Lipinski definition) is 3. The first-order chi connectivity index (χ1) is 9.86. The second-order valence-corrected chi connectivity index (χ2v) is 5.56. The van der Waals surface area contributed by atoms with Crippen molar-refractivity contribution in [3.8, 4) is 0 Å². The number of aliphatic carboxylic acids is 2. The standard InChI is InChI=1S/C8H19N4.2C2H4O2.Gd/c1-2-10-5-6-12-8-7-11-4-3-9-1;2*1-2(3)4;/h9-11H,1-8H2;2*1H3,(H,3,4);/q-1;;;+3/p-2. The van der Waals surface area contributed by atoms with Crippen molar-refractivity contribution in [1.29, 1.82) is 0 Å². The predicted octanol–water partition coefficient (Wildman–Crippen LogP) is -3.95. The molecule has 0 aromatic rings. The summed E-state index contributed by atoms with van der Waals surface area (Å²) >= 11 is 1.98. The molecule has 0 aliphatic carbocycles. The van der Waals surface area contributed by atoms with Gasteiger partial charge >= 0.3 is 108 Å². The Balaban J connectivity index is 0. The fourth-order valence-corrected chi connectivity index (χ4v) is 1.74. The van der Waals surface area contributed by atoms with Gasteiger partial charge in [-0.2, -0.15) is 0 Å². The van der Waals surface area contributed by atoms with Gasteiger partial charge in [0.05, 0.1) is 0 Å². The molecular weight excluding hydrogens is 421 g/mol. The van der Waals surface area contributed by atoms with Crippen LogP contribution in [0.15, 0.2) is 0 Å². The minimum atomic E-state index is -1.08. The van der Waals surface area contributed by atoms with Crippen molar-refractivity contribution in [2.45, 2.75) is 13.8 Å². The molecule has 0 aromatic carbocycles. The fraction of sp³-hybridized carbons (Fsp3) is 0.833. The first-order valence-corrected chi connectivity index (χ1v) is 7.74. The van der Waals surface area contributed by atoms with Gasteiger partial charge in [-0.05, 0) is 13.8 Å². The van der Waals surface area contributed by atoms with Crippen LogP contribution < -0.4 is 26.2 Å². The molecule has 0 spiro atoms. The monoisotopic (exact) mass is 447 g/mol. The number of carbonyl (C=O) groups excluding carboxylic acids is 2. The number of carboxylic acid groups (broad SMARTS) is 2. The third-order valence-electron chi connectivity index (χ3n) is 2.01. The third kappa shape index (κ3) is 33.1. The van der Waals surface area contributed by atoms with Crippen LogP contribution in [-0.4, -0.2) is 65.4 Å². The Kier molecular flexibility index (Phi) is 20.2. The summed E-state index contributed by atoms with van der Waals surface area (Å²) < 4.78 is 2.38. The van der Waals surface area contributed by atoms with E-state index in [1.807, 2.05) is 38.3 Å². The number of carbonyl (C=O) groups is 2. The number of nitrogens with one attached hydrogen (secondary N) is 3. The SMILES string of the molecule is CC(=O)[O-].CC(=O)[O-].[Gd+2][N]1CCNCCNCCNCC1. The van der Waals surface area contributed by atoms with Crippen LogP contribution >= 0.6 is 0 Å². The molecule has 0 bridgehead atoms. The normalized spacial score (nSPS) is 17.6. The van der Waals surface area contributed by atoms with Crippen LogP contribution in [0.3, 0.4) is 0 Å². The van der Waals surface area contributed by atoms with Crippen molar-refractivity contribution >= 4 is 11.9 Å². The van der Waals surface area contributed by atoms with E-state index in [-0.39, 0.29) is 0 Å². The number of hydrogen-bond acceptors (Lipinski definition) is 8. The zero-order valence-corrected chi connectivity index (χ0v) is 14.9. The van der Waals surface area contributed by atoms with Gasteiger partial charge < -0.3 is 19.8 Å². The second kappa shape index (κ2) is 18.2. The van der Waals surface area contributed by atoms with E-state index in [9.17, 15) is 0 Å².